The number of Topliss-reactive ketones (excluding diaryl/α,β-unsaturated/α-hetero) is 1. The van der Waals surface area contributed by atoms with Crippen molar-refractivity contribution in [3.05, 3.63) is 88.2 Å². The van der Waals surface area contributed by atoms with E-state index in [0.717, 1.165) is 4.47 Å². The van der Waals surface area contributed by atoms with Crippen LogP contribution in [0, 0.1) is 0 Å². The number of halogens is 1. The molecule has 1 atom stereocenters. The molecule has 1 aliphatic rings. The normalized spacial score (nSPS) is 17.7. The largest absolute Gasteiger partial charge is 0.507 e. The quantitative estimate of drug-likeness (QED) is 0.330. The van der Waals surface area contributed by atoms with Crippen LogP contribution in [0.4, 0.5) is 5.69 Å². The number of benzene rings is 2. The Morgan fingerprint density at radius 1 is 1.13 bits per heavy atom. The van der Waals surface area contributed by atoms with Crippen molar-refractivity contribution in [3.63, 3.8) is 0 Å². The number of ketones is 1. The maximum Gasteiger partial charge on any atom is 0.300 e. The summed E-state index contributed by atoms with van der Waals surface area (Å²) in [4.78, 5) is 31.4. The van der Waals surface area contributed by atoms with Gasteiger partial charge in [0.25, 0.3) is 11.7 Å². The lowest BCUT2D eigenvalue weighted by molar-refractivity contribution is -0.132. The molecule has 1 fully saturated rings. The molecule has 2 N–H and O–H groups in total. The fourth-order valence-electron chi connectivity index (χ4n) is 3.54. The van der Waals surface area contributed by atoms with Crippen LogP contribution >= 0.6 is 15.9 Å². The van der Waals surface area contributed by atoms with Gasteiger partial charge in [-0.05, 0) is 42.0 Å². The second-order valence-corrected chi connectivity index (χ2v) is 7.73. The van der Waals surface area contributed by atoms with Gasteiger partial charge in [-0.25, -0.2) is 0 Å². The summed E-state index contributed by atoms with van der Waals surface area (Å²) in [5.41, 5.74) is 1.21. The van der Waals surface area contributed by atoms with Gasteiger partial charge in [-0.3, -0.25) is 19.5 Å². The summed E-state index contributed by atoms with van der Waals surface area (Å²) in [6, 6.07) is 13.6. The number of carbonyl (C=O) groups is 2. The number of phenolic OH excluding ortho intramolecular Hbond substituents is 1. The molecule has 1 aromatic heterocycles. The molecule has 0 spiro atoms. The van der Waals surface area contributed by atoms with Crippen LogP contribution in [-0.4, -0.2) is 34.0 Å². The van der Waals surface area contributed by atoms with Gasteiger partial charge in [0, 0.05) is 16.2 Å². The van der Waals surface area contributed by atoms with E-state index < -0.39 is 17.7 Å². The lowest BCUT2D eigenvalue weighted by Gasteiger charge is -2.25. The zero-order chi connectivity index (χ0) is 22.1. The van der Waals surface area contributed by atoms with Gasteiger partial charge in [0.05, 0.1) is 30.6 Å². The second-order valence-electron chi connectivity index (χ2n) is 6.82. The van der Waals surface area contributed by atoms with Crippen LogP contribution in [-0.2, 0) is 9.59 Å². The molecule has 1 saturated heterocycles. The van der Waals surface area contributed by atoms with E-state index in [1.165, 1.54) is 30.3 Å². The van der Waals surface area contributed by atoms with Gasteiger partial charge in [-0.1, -0.05) is 34.1 Å². The Balaban J connectivity index is 1.96. The van der Waals surface area contributed by atoms with Crippen LogP contribution in [0.3, 0.4) is 0 Å². The van der Waals surface area contributed by atoms with Crippen LogP contribution in [0.2, 0.25) is 0 Å². The van der Waals surface area contributed by atoms with Crippen molar-refractivity contribution in [1.29, 1.82) is 0 Å². The lowest BCUT2D eigenvalue weighted by atomic mass is 9.95. The molecule has 156 valence electrons. The van der Waals surface area contributed by atoms with Crippen molar-refractivity contribution in [2.24, 2.45) is 0 Å². The molecule has 0 saturated carbocycles. The van der Waals surface area contributed by atoms with E-state index in [1.807, 2.05) is 0 Å². The maximum absolute atomic E-state index is 13.1. The van der Waals surface area contributed by atoms with E-state index in [0.29, 0.717) is 16.8 Å². The van der Waals surface area contributed by atoms with Gasteiger partial charge >= 0.3 is 0 Å². The van der Waals surface area contributed by atoms with Crippen molar-refractivity contribution in [2.45, 2.75) is 6.04 Å². The van der Waals surface area contributed by atoms with E-state index in [-0.39, 0.29) is 22.8 Å². The molecule has 2 aromatic carbocycles. The number of aliphatic hydroxyl groups is 1. The number of phenols is 1. The minimum atomic E-state index is -0.942. The number of aliphatic hydroxyl groups excluding tert-OH is 1. The van der Waals surface area contributed by atoms with Gasteiger partial charge in [-0.15, -0.1) is 0 Å². The number of aromatic nitrogens is 1. The van der Waals surface area contributed by atoms with Crippen LogP contribution in [0.1, 0.15) is 17.2 Å². The third-order valence-electron chi connectivity index (χ3n) is 5.01. The average molecular weight is 481 g/mol. The Bertz CT molecular complexity index is 1190. The number of amides is 1. The summed E-state index contributed by atoms with van der Waals surface area (Å²) in [5.74, 6) is -1.81. The fraction of sp³-hybridized carbons (Fsp3) is 0.0870. The minimum Gasteiger partial charge on any atom is -0.507 e. The van der Waals surface area contributed by atoms with Gasteiger partial charge in [0.2, 0.25) is 0 Å². The first-order valence-corrected chi connectivity index (χ1v) is 10.1. The van der Waals surface area contributed by atoms with Crippen LogP contribution in [0.15, 0.2) is 77.0 Å². The van der Waals surface area contributed by atoms with Gasteiger partial charge in [0.15, 0.2) is 11.5 Å². The molecular weight excluding hydrogens is 464 g/mol. The number of hydrogen-bond acceptors (Lipinski definition) is 6. The molecule has 0 radical (unpaired) electrons. The molecule has 0 unspecified atom stereocenters. The first-order valence-electron chi connectivity index (χ1n) is 9.26. The van der Waals surface area contributed by atoms with Gasteiger partial charge < -0.3 is 14.9 Å². The molecule has 31 heavy (non-hydrogen) atoms. The number of pyridine rings is 1. The molecule has 7 nitrogen and oxygen atoms in total. The Labute approximate surface area is 186 Å². The third kappa shape index (κ3) is 3.66. The molecule has 4 rings (SSSR count). The Morgan fingerprint density at radius 2 is 1.87 bits per heavy atom. The van der Waals surface area contributed by atoms with E-state index >= 15 is 0 Å². The summed E-state index contributed by atoms with van der Waals surface area (Å²) in [7, 11) is 1.40. The summed E-state index contributed by atoms with van der Waals surface area (Å²) < 4.78 is 6.00. The van der Waals surface area contributed by atoms with Crippen LogP contribution in [0.5, 0.6) is 11.5 Å². The van der Waals surface area contributed by atoms with E-state index in [1.54, 1.807) is 48.7 Å². The predicted octanol–water partition coefficient (Wildman–Crippen LogP) is 4.18. The third-order valence-corrected chi connectivity index (χ3v) is 5.53. The molecule has 1 aliphatic heterocycles. The summed E-state index contributed by atoms with van der Waals surface area (Å²) in [6.45, 7) is 0. The molecule has 0 bridgehead atoms. The lowest BCUT2D eigenvalue weighted by Crippen LogP contribution is -2.29. The summed E-state index contributed by atoms with van der Waals surface area (Å²) >= 11 is 3.34. The zero-order valence-electron chi connectivity index (χ0n) is 16.3. The Morgan fingerprint density at radius 3 is 2.52 bits per heavy atom. The monoisotopic (exact) mass is 480 g/mol. The number of methoxy groups -OCH3 is 1. The number of rotatable bonds is 4. The fourth-order valence-corrected chi connectivity index (χ4v) is 3.80. The maximum atomic E-state index is 13.1. The molecule has 2 heterocycles. The SMILES string of the molecule is COc1cc([C@@H]2C(=C(O)c3ccc(Br)cc3)C(=O)C(=O)N2c2cccnc2)ccc1O. The highest BCUT2D eigenvalue weighted by Gasteiger charge is 2.47. The van der Waals surface area contributed by atoms with Crippen LogP contribution in [0.25, 0.3) is 5.76 Å². The highest BCUT2D eigenvalue weighted by molar-refractivity contribution is 9.10. The number of anilines is 1. The number of carbonyl (C=O) groups excluding carboxylic acids is 2. The zero-order valence-corrected chi connectivity index (χ0v) is 17.9. The topological polar surface area (TPSA) is 100.0 Å². The molecule has 1 amide bonds. The number of nitrogens with zero attached hydrogens (tertiary/aromatic N) is 2. The van der Waals surface area contributed by atoms with E-state index in [9.17, 15) is 19.8 Å². The predicted molar refractivity (Wildman–Crippen MR) is 118 cm³/mol. The highest BCUT2D eigenvalue weighted by Crippen LogP contribution is 2.43. The summed E-state index contributed by atoms with van der Waals surface area (Å²) in [6.07, 6.45) is 3.02. The van der Waals surface area contributed by atoms with Crippen LogP contribution < -0.4 is 9.64 Å². The van der Waals surface area contributed by atoms with Crippen molar-refractivity contribution < 1.29 is 24.5 Å². The number of ether oxygens (including phenoxy) is 1. The van der Waals surface area contributed by atoms with Crippen molar-refractivity contribution in [1.82, 2.24) is 4.98 Å². The van der Waals surface area contributed by atoms with Crippen molar-refractivity contribution in [3.8, 4) is 11.5 Å². The molecular formula is C23H17BrN2O5. The van der Waals surface area contributed by atoms with Gasteiger partial charge in [-0.2, -0.15) is 0 Å². The molecule has 3 aromatic rings. The van der Waals surface area contributed by atoms with Crippen molar-refractivity contribution >= 4 is 39.1 Å². The average Bonchev–Trinajstić information content (AvgIpc) is 3.05. The van der Waals surface area contributed by atoms with Gasteiger partial charge in [0.1, 0.15) is 5.76 Å². The smallest absolute Gasteiger partial charge is 0.300 e. The number of hydrogen-bond donors (Lipinski definition) is 2. The minimum absolute atomic E-state index is 0.0658. The number of aromatic hydroxyl groups is 1. The van der Waals surface area contributed by atoms with E-state index in [2.05, 4.69) is 20.9 Å². The molecule has 0 aliphatic carbocycles. The standard InChI is InChI=1S/C23H17BrN2O5/c1-31-18-11-14(6-9-17(18)27)20-19(21(28)13-4-7-15(24)8-5-13)22(29)23(30)26(20)16-3-2-10-25-12-16/h2-12,20,27-28H,1H3/t20-/m1/s1. The molecule has 8 heteroatoms. The second kappa shape index (κ2) is 8.23. The summed E-state index contributed by atoms with van der Waals surface area (Å²) in [5, 5.41) is 21.0. The van der Waals surface area contributed by atoms with E-state index in [4.69, 9.17) is 4.74 Å². The highest BCUT2D eigenvalue weighted by atomic mass is 79.9. The first kappa shape index (κ1) is 20.6. The van der Waals surface area contributed by atoms with Crippen molar-refractivity contribution in [2.75, 3.05) is 12.0 Å². The Hall–Kier alpha value is -3.65. The first-order chi connectivity index (χ1) is 14.9. The Kier molecular flexibility index (Phi) is 5.48.